The first kappa shape index (κ1) is 15.8. The van der Waals surface area contributed by atoms with Crippen molar-refractivity contribution in [2.45, 2.75) is 108 Å². The van der Waals surface area contributed by atoms with Gasteiger partial charge in [0.25, 0.3) is 0 Å². The molecule has 1 aliphatic carbocycles. The Balaban J connectivity index is 1.68. The van der Waals surface area contributed by atoms with Gasteiger partial charge in [0.15, 0.2) is 0 Å². The molecule has 3 rings (SSSR count). The number of nitrogens with zero attached hydrogens (tertiary/aromatic N) is 1. The highest BCUT2D eigenvalue weighted by atomic mass is 16.3. The third kappa shape index (κ3) is 3.17. The molecule has 0 aromatic heterocycles. The average molecular weight is 293 g/mol. The summed E-state index contributed by atoms with van der Waals surface area (Å²) in [4.78, 5) is 2.82. The molecule has 0 amide bonds. The smallest absolute Gasteiger partial charge is 0.0668 e. The first-order chi connectivity index (χ1) is 10.3. The molecule has 0 bridgehead atoms. The van der Waals surface area contributed by atoms with Gasteiger partial charge < -0.3 is 5.11 Å². The van der Waals surface area contributed by atoms with Gasteiger partial charge in [0.2, 0.25) is 0 Å². The number of hydrogen-bond acceptors (Lipinski definition) is 2. The van der Waals surface area contributed by atoms with Gasteiger partial charge in [0.05, 0.1) is 6.10 Å². The lowest BCUT2D eigenvalue weighted by molar-refractivity contribution is -0.123. The van der Waals surface area contributed by atoms with E-state index in [0.717, 1.165) is 24.9 Å². The third-order valence-corrected chi connectivity index (χ3v) is 6.74. The van der Waals surface area contributed by atoms with Gasteiger partial charge in [-0.25, -0.2) is 0 Å². The second kappa shape index (κ2) is 7.00. The molecule has 3 fully saturated rings. The minimum Gasteiger partial charge on any atom is -0.392 e. The predicted octanol–water partition coefficient (Wildman–Crippen LogP) is 4.50. The van der Waals surface area contributed by atoms with Crippen LogP contribution in [-0.2, 0) is 0 Å². The fourth-order valence-electron chi connectivity index (χ4n) is 5.64. The van der Waals surface area contributed by atoms with Gasteiger partial charge in [-0.1, -0.05) is 45.4 Å². The first-order valence-electron chi connectivity index (χ1n) is 9.71. The predicted molar refractivity (Wildman–Crippen MR) is 88.4 cm³/mol. The molecule has 0 radical (unpaired) electrons. The van der Waals surface area contributed by atoms with E-state index in [1.807, 2.05) is 0 Å². The topological polar surface area (TPSA) is 23.5 Å². The molecule has 2 aliphatic heterocycles. The molecule has 1 N–H and O–H groups in total. The highest BCUT2D eigenvalue weighted by Crippen LogP contribution is 2.51. The maximum Gasteiger partial charge on any atom is 0.0668 e. The Morgan fingerprint density at radius 3 is 2.76 bits per heavy atom. The van der Waals surface area contributed by atoms with E-state index in [4.69, 9.17) is 0 Å². The van der Waals surface area contributed by atoms with E-state index in [0.29, 0.717) is 5.54 Å². The van der Waals surface area contributed by atoms with Crippen molar-refractivity contribution >= 4 is 0 Å². The zero-order chi connectivity index (χ0) is 14.7. The first-order valence-corrected chi connectivity index (χ1v) is 9.71. The fraction of sp³-hybridized carbons (Fsp3) is 1.00. The van der Waals surface area contributed by atoms with Crippen LogP contribution in [0.2, 0.25) is 0 Å². The summed E-state index contributed by atoms with van der Waals surface area (Å²) in [6.45, 7) is 3.26. The average Bonchev–Trinajstić information content (AvgIpc) is 2.51. The molecule has 2 nitrogen and oxygen atoms in total. The van der Waals surface area contributed by atoms with Crippen molar-refractivity contribution in [2.75, 3.05) is 6.54 Å². The monoisotopic (exact) mass is 293 g/mol. The number of β-amino-alcohol motifs (C(OH)–C–C–N with tert-alkyl or cyclic N) is 1. The molecule has 0 aromatic rings. The summed E-state index contributed by atoms with van der Waals surface area (Å²) in [5, 5.41) is 10.2. The summed E-state index contributed by atoms with van der Waals surface area (Å²) < 4.78 is 0. The van der Waals surface area contributed by atoms with E-state index in [1.165, 1.54) is 77.0 Å². The zero-order valence-corrected chi connectivity index (χ0v) is 14.0. The van der Waals surface area contributed by atoms with Crippen LogP contribution < -0.4 is 0 Å². The zero-order valence-electron chi connectivity index (χ0n) is 14.0. The molecule has 21 heavy (non-hydrogen) atoms. The molecule has 3 aliphatic rings. The molecule has 0 aromatic carbocycles. The summed E-state index contributed by atoms with van der Waals surface area (Å²) in [6, 6.07) is 0.770. The lowest BCUT2D eigenvalue weighted by Gasteiger charge is -2.61. The molecule has 4 atom stereocenters. The van der Waals surface area contributed by atoms with Crippen LogP contribution in [-0.4, -0.2) is 34.2 Å². The Hall–Kier alpha value is -0.0800. The maximum atomic E-state index is 10.2. The summed E-state index contributed by atoms with van der Waals surface area (Å²) in [6.07, 6.45) is 17.8. The minimum absolute atomic E-state index is 0.0607. The number of aliphatic hydroxyl groups excluding tert-OH is 1. The second-order valence-electron chi connectivity index (χ2n) is 7.97. The number of unbranched alkanes of at least 4 members (excludes halogenated alkanes) is 3. The Kier molecular flexibility index (Phi) is 5.27. The summed E-state index contributed by atoms with van der Waals surface area (Å²) in [5.41, 5.74) is 0.491. The van der Waals surface area contributed by atoms with Gasteiger partial charge in [-0.15, -0.1) is 0 Å². The number of piperidine rings is 2. The Morgan fingerprint density at radius 1 is 1.00 bits per heavy atom. The Labute approximate surface area is 131 Å². The van der Waals surface area contributed by atoms with Crippen LogP contribution >= 0.6 is 0 Å². The van der Waals surface area contributed by atoms with E-state index in [1.54, 1.807) is 0 Å². The van der Waals surface area contributed by atoms with Gasteiger partial charge in [-0.2, -0.15) is 0 Å². The van der Waals surface area contributed by atoms with Crippen molar-refractivity contribution in [2.24, 2.45) is 5.92 Å². The van der Waals surface area contributed by atoms with Gasteiger partial charge in [0, 0.05) is 18.1 Å². The highest BCUT2D eigenvalue weighted by molar-refractivity contribution is 5.07. The van der Waals surface area contributed by atoms with Gasteiger partial charge in [0.1, 0.15) is 0 Å². The summed E-state index contributed by atoms with van der Waals surface area (Å²) in [5.74, 6) is 0.936. The van der Waals surface area contributed by atoms with Crippen LogP contribution in [0.4, 0.5) is 0 Å². The van der Waals surface area contributed by atoms with Crippen molar-refractivity contribution in [3.8, 4) is 0 Å². The molecule has 2 heteroatoms. The Bertz CT molecular complexity index is 332. The van der Waals surface area contributed by atoms with Crippen molar-refractivity contribution in [1.29, 1.82) is 0 Å². The van der Waals surface area contributed by atoms with Crippen LogP contribution in [0.5, 0.6) is 0 Å². The highest BCUT2D eigenvalue weighted by Gasteiger charge is 2.52. The van der Waals surface area contributed by atoms with E-state index in [9.17, 15) is 5.11 Å². The second-order valence-corrected chi connectivity index (χ2v) is 7.97. The lowest BCUT2D eigenvalue weighted by atomic mass is 9.62. The van der Waals surface area contributed by atoms with Crippen molar-refractivity contribution in [3.63, 3.8) is 0 Å². The molecule has 2 saturated heterocycles. The largest absolute Gasteiger partial charge is 0.392 e. The summed E-state index contributed by atoms with van der Waals surface area (Å²) >= 11 is 0. The Morgan fingerprint density at radius 2 is 1.90 bits per heavy atom. The molecular formula is C19H35NO. The summed E-state index contributed by atoms with van der Waals surface area (Å²) in [7, 11) is 0. The van der Waals surface area contributed by atoms with Gasteiger partial charge in [-0.3, -0.25) is 4.90 Å². The normalized spacial score (nSPS) is 40.6. The number of hydrogen-bond donors (Lipinski definition) is 1. The maximum absolute atomic E-state index is 10.2. The lowest BCUT2D eigenvalue weighted by Crippen LogP contribution is -2.66. The van der Waals surface area contributed by atoms with E-state index < -0.39 is 0 Å². The molecule has 2 heterocycles. The van der Waals surface area contributed by atoms with Crippen LogP contribution in [0, 0.1) is 5.92 Å². The SMILES string of the molecule is CCCCCC[C@@H]1CC[C@H]2CCCC[C@@]23CC[C@@H](O)CN13. The van der Waals surface area contributed by atoms with Crippen LogP contribution in [0.1, 0.15) is 90.4 Å². The number of aliphatic hydroxyl groups is 1. The third-order valence-electron chi connectivity index (χ3n) is 6.74. The van der Waals surface area contributed by atoms with Gasteiger partial charge >= 0.3 is 0 Å². The van der Waals surface area contributed by atoms with Crippen LogP contribution in [0.15, 0.2) is 0 Å². The van der Waals surface area contributed by atoms with Crippen molar-refractivity contribution in [1.82, 2.24) is 4.90 Å². The minimum atomic E-state index is -0.0607. The van der Waals surface area contributed by atoms with Crippen LogP contribution in [0.25, 0.3) is 0 Å². The van der Waals surface area contributed by atoms with E-state index in [2.05, 4.69) is 11.8 Å². The van der Waals surface area contributed by atoms with Crippen molar-refractivity contribution < 1.29 is 5.11 Å². The molecule has 1 spiro atoms. The quantitative estimate of drug-likeness (QED) is 0.754. The van der Waals surface area contributed by atoms with E-state index >= 15 is 0 Å². The van der Waals surface area contributed by atoms with E-state index in [-0.39, 0.29) is 6.10 Å². The molecular weight excluding hydrogens is 258 g/mol. The standard InChI is InChI=1S/C19H35NO/c1-2-3-4-5-9-17-11-10-16-8-6-7-13-19(16)14-12-18(21)15-20(17)19/h16-18,21H,2-15H2,1H3/t16-,17-,18-,19-/m1/s1. The molecule has 1 saturated carbocycles. The van der Waals surface area contributed by atoms with Crippen molar-refractivity contribution in [3.05, 3.63) is 0 Å². The fourth-order valence-corrected chi connectivity index (χ4v) is 5.64. The number of rotatable bonds is 5. The van der Waals surface area contributed by atoms with Gasteiger partial charge in [-0.05, 0) is 50.9 Å². The van der Waals surface area contributed by atoms with Crippen LogP contribution in [0.3, 0.4) is 0 Å². The molecule has 122 valence electrons. The molecule has 0 unspecified atom stereocenters.